The van der Waals surface area contributed by atoms with E-state index in [-0.39, 0.29) is 11.3 Å². The standard InChI is InChI=1S/C23H31FN3O9P/c1-13(2)34-20(30)15(4)26-37(32,36-16-9-7-6-8-10-16)33-12-17-18(28)23(5,24)21(35-17)27-11-14(3)19(29)25-22(27)31/h6-11,13,15,17-18,21,28H,12H2,1-5H3,(H,26,32)(H,25,29,31)/t15-,17-,18-,21-,23-,37?/m1/s1. The zero-order valence-corrected chi connectivity index (χ0v) is 21.9. The van der Waals surface area contributed by atoms with Crippen LogP contribution in [0.4, 0.5) is 4.39 Å². The number of esters is 1. The van der Waals surface area contributed by atoms with Crippen molar-refractivity contribution < 1.29 is 37.4 Å². The number of aromatic nitrogens is 2. The second-order valence-corrected chi connectivity index (χ2v) is 10.8. The molecule has 0 aliphatic carbocycles. The molecule has 37 heavy (non-hydrogen) atoms. The van der Waals surface area contributed by atoms with Crippen molar-refractivity contribution in [3.8, 4) is 5.75 Å². The highest BCUT2D eigenvalue weighted by molar-refractivity contribution is 7.52. The Morgan fingerprint density at radius 1 is 1.30 bits per heavy atom. The van der Waals surface area contributed by atoms with Gasteiger partial charge in [-0.3, -0.25) is 23.7 Å². The Labute approximate surface area is 212 Å². The van der Waals surface area contributed by atoms with Gasteiger partial charge in [0.15, 0.2) is 11.9 Å². The first kappa shape index (κ1) is 28.7. The van der Waals surface area contributed by atoms with Gasteiger partial charge in [0.05, 0.1) is 12.7 Å². The molecule has 12 nitrogen and oxygen atoms in total. The Bertz CT molecular complexity index is 1260. The highest BCUT2D eigenvalue weighted by Crippen LogP contribution is 2.47. The summed E-state index contributed by atoms with van der Waals surface area (Å²) in [5, 5.41) is 13.1. The number of H-pyrrole nitrogens is 1. The molecule has 1 unspecified atom stereocenters. The molecule has 3 rings (SSSR count). The van der Waals surface area contributed by atoms with E-state index in [1.54, 1.807) is 32.0 Å². The summed E-state index contributed by atoms with van der Waals surface area (Å²) in [6.07, 6.45) is -4.14. The highest BCUT2D eigenvalue weighted by atomic mass is 31.2. The molecule has 1 saturated heterocycles. The van der Waals surface area contributed by atoms with E-state index in [4.69, 9.17) is 18.5 Å². The normalized spacial score (nSPS) is 26.0. The first-order valence-electron chi connectivity index (χ1n) is 11.6. The van der Waals surface area contributed by atoms with Crippen LogP contribution < -0.4 is 20.9 Å². The van der Waals surface area contributed by atoms with Crippen molar-refractivity contribution in [1.29, 1.82) is 0 Å². The second kappa shape index (κ2) is 11.3. The number of aromatic amines is 1. The number of benzene rings is 1. The van der Waals surface area contributed by atoms with Crippen LogP contribution >= 0.6 is 7.75 Å². The summed E-state index contributed by atoms with van der Waals surface area (Å²) in [5.41, 5.74) is -3.94. The van der Waals surface area contributed by atoms with Crippen LogP contribution in [0.3, 0.4) is 0 Å². The van der Waals surface area contributed by atoms with Gasteiger partial charge in [-0.2, -0.15) is 5.09 Å². The van der Waals surface area contributed by atoms with Gasteiger partial charge < -0.3 is 19.1 Å². The van der Waals surface area contributed by atoms with Gasteiger partial charge in [0.2, 0.25) is 0 Å². The van der Waals surface area contributed by atoms with Crippen LogP contribution in [0.25, 0.3) is 0 Å². The van der Waals surface area contributed by atoms with E-state index in [9.17, 15) is 24.1 Å². The van der Waals surface area contributed by atoms with Gasteiger partial charge in [-0.15, -0.1) is 0 Å². The minimum Gasteiger partial charge on any atom is -0.462 e. The largest absolute Gasteiger partial charge is 0.462 e. The van der Waals surface area contributed by atoms with Crippen molar-refractivity contribution in [3.63, 3.8) is 0 Å². The van der Waals surface area contributed by atoms with Gasteiger partial charge in [0, 0.05) is 11.8 Å². The molecule has 1 fully saturated rings. The van der Waals surface area contributed by atoms with Crippen LogP contribution in [0.15, 0.2) is 46.1 Å². The molecule has 2 aromatic rings. The third-order valence-electron chi connectivity index (χ3n) is 5.55. The quantitative estimate of drug-likeness (QED) is 0.299. The van der Waals surface area contributed by atoms with E-state index >= 15 is 4.39 Å². The van der Waals surface area contributed by atoms with Gasteiger partial charge in [0.1, 0.15) is 24.0 Å². The number of aryl methyl sites for hydroxylation is 1. The zero-order chi connectivity index (χ0) is 27.5. The van der Waals surface area contributed by atoms with Crippen molar-refractivity contribution in [3.05, 3.63) is 62.9 Å². The number of hydrogen-bond donors (Lipinski definition) is 3. The van der Waals surface area contributed by atoms with Gasteiger partial charge >= 0.3 is 19.4 Å². The Hall–Kier alpha value is -2.83. The minimum atomic E-state index is -4.31. The maximum Gasteiger partial charge on any atom is 0.459 e. The van der Waals surface area contributed by atoms with E-state index in [0.29, 0.717) is 0 Å². The summed E-state index contributed by atoms with van der Waals surface area (Å²) in [5.74, 6) is -0.559. The molecular formula is C23H31FN3O9P. The second-order valence-electron chi connectivity index (χ2n) is 9.14. The number of halogens is 1. The average Bonchev–Trinajstić information content (AvgIpc) is 3.03. The van der Waals surface area contributed by atoms with Crippen LogP contribution in [0.5, 0.6) is 5.75 Å². The van der Waals surface area contributed by atoms with Crippen LogP contribution in [0.1, 0.15) is 39.5 Å². The van der Waals surface area contributed by atoms with Crippen molar-refractivity contribution >= 4 is 13.7 Å². The summed E-state index contributed by atoms with van der Waals surface area (Å²) in [6, 6.07) is 6.87. The maximum absolute atomic E-state index is 15.6. The summed E-state index contributed by atoms with van der Waals surface area (Å²) >= 11 is 0. The Morgan fingerprint density at radius 2 is 1.95 bits per heavy atom. The number of aliphatic hydroxyl groups is 1. The van der Waals surface area contributed by atoms with E-state index in [2.05, 4.69) is 10.1 Å². The number of aliphatic hydroxyl groups excluding tert-OH is 1. The van der Waals surface area contributed by atoms with Crippen molar-refractivity contribution in [1.82, 2.24) is 14.6 Å². The Morgan fingerprint density at radius 3 is 2.57 bits per heavy atom. The molecule has 1 aromatic heterocycles. The molecule has 0 bridgehead atoms. The number of para-hydroxylation sites is 1. The van der Waals surface area contributed by atoms with Crippen LogP contribution in [0, 0.1) is 6.92 Å². The lowest BCUT2D eigenvalue weighted by atomic mass is 9.98. The van der Waals surface area contributed by atoms with Crippen LogP contribution in [-0.2, 0) is 23.4 Å². The molecule has 1 aromatic carbocycles. The third kappa shape index (κ3) is 6.74. The molecule has 1 aliphatic rings. The summed E-state index contributed by atoms with van der Waals surface area (Å²) in [4.78, 5) is 38.3. The van der Waals surface area contributed by atoms with Crippen molar-refractivity contribution in [2.75, 3.05) is 6.61 Å². The molecule has 204 valence electrons. The van der Waals surface area contributed by atoms with E-state index < -0.39 is 67.8 Å². The molecule has 14 heteroatoms. The number of ether oxygens (including phenoxy) is 2. The molecular weight excluding hydrogens is 512 g/mol. The monoisotopic (exact) mass is 543 g/mol. The number of nitrogens with zero attached hydrogens (tertiary/aromatic N) is 1. The molecule has 2 heterocycles. The fourth-order valence-corrected chi connectivity index (χ4v) is 5.12. The van der Waals surface area contributed by atoms with Gasteiger partial charge in [-0.05, 0) is 46.8 Å². The topological polar surface area (TPSA) is 158 Å². The average molecular weight is 543 g/mol. The Kier molecular flexibility index (Phi) is 8.76. The molecule has 1 aliphatic heterocycles. The predicted octanol–water partition coefficient (Wildman–Crippen LogP) is 1.96. The smallest absolute Gasteiger partial charge is 0.459 e. The predicted molar refractivity (Wildman–Crippen MR) is 130 cm³/mol. The fraction of sp³-hybridized carbons (Fsp3) is 0.522. The maximum atomic E-state index is 15.6. The number of rotatable bonds is 10. The number of carbonyl (C=O) groups excluding carboxylic acids is 1. The lowest BCUT2D eigenvalue weighted by Crippen LogP contribution is -2.44. The van der Waals surface area contributed by atoms with Crippen LogP contribution in [-0.4, -0.2) is 57.3 Å². The number of hydrogen-bond acceptors (Lipinski definition) is 9. The fourth-order valence-electron chi connectivity index (χ4n) is 3.62. The van der Waals surface area contributed by atoms with Crippen molar-refractivity contribution in [2.24, 2.45) is 0 Å². The molecule has 3 N–H and O–H groups in total. The van der Waals surface area contributed by atoms with Gasteiger partial charge in [-0.1, -0.05) is 18.2 Å². The van der Waals surface area contributed by atoms with E-state index in [1.807, 2.05) is 0 Å². The minimum absolute atomic E-state index is 0.125. The molecule has 6 atom stereocenters. The van der Waals surface area contributed by atoms with Crippen LogP contribution in [0.2, 0.25) is 0 Å². The molecule has 0 radical (unpaired) electrons. The lowest BCUT2D eigenvalue weighted by Gasteiger charge is -2.25. The van der Waals surface area contributed by atoms with Gasteiger partial charge in [-0.25, -0.2) is 13.8 Å². The van der Waals surface area contributed by atoms with Gasteiger partial charge in [0.25, 0.3) is 5.56 Å². The molecule has 0 amide bonds. The number of nitrogens with one attached hydrogen (secondary N) is 2. The first-order valence-corrected chi connectivity index (χ1v) is 13.1. The van der Waals surface area contributed by atoms with E-state index in [0.717, 1.165) is 17.7 Å². The number of alkyl halides is 1. The van der Waals surface area contributed by atoms with Crippen molar-refractivity contribution in [2.45, 2.75) is 70.9 Å². The SMILES string of the molecule is Cc1cn([C@@H]2O[C@H](COP(=O)(N[C@H](C)C(=O)OC(C)C)Oc3ccccc3)[C@@H](O)[C@@]2(C)F)c(=O)[nH]c1=O. The third-order valence-corrected chi connectivity index (χ3v) is 7.19. The highest BCUT2D eigenvalue weighted by Gasteiger charge is 2.56. The Balaban J connectivity index is 1.82. The molecule has 0 spiro atoms. The summed E-state index contributed by atoms with van der Waals surface area (Å²) < 4.78 is 51.7. The summed E-state index contributed by atoms with van der Waals surface area (Å²) in [7, 11) is -4.31. The first-order chi connectivity index (χ1) is 17.2. The zero-order valence-electron chi connectivity index (χ0n) is 21.0. The summed E-state index contributed by atoms with van der Waals surface area (Å²) in [6.45, 7) is 6.51. The lowest BCUT2D eigenvalue weighted by molar-refractivity contribution is -0.149. The molecule has 0 saturated carbocycles. The van der Waals surface area contributed by atoms with E-state index in [1.165, 1.54) is 26.0 Å². The number of carbonyl (C=O) groups is 1.